The predicted molar refractivity (Wildman–Crippen MR) is 86.8 cm³/mol. The molecule has 2 atom stereocenters. The summed E-state index contributed by atoms with van der Waals surface area (Å²) in [4.78, 5) is 14.1. The van der Waals surface area contributed by atoms with Crippen molar-refractivity contribution in [3.63, 3.8) is 0 Å². The van der Waals surface area contributed by atoms with E-state index in [0.717, 1.165) is 18.2 Å². The summed E-state index contributed by atoms with van der Waals surface area (Å²) in [6.07, 6.45) is -2.73. The summed E-state index contributed by atoms with van der Waals surface area (Å²) >= 11 is 0. The van der Waals surface area contributed by atoms with Crippen LogP contribution in [0.3, 0.4) is 0 Å². The topological polar surface area (TPSA) is 88.3 Å². The molecule has 26 heavy (non-hydrogen) atoms. The van der Waals surface area contributed by atoms with E-state index in [-0.39, 0.29) is 23.1 Å². The Kier molecular flexibility index (Phi) is 3.66. The molecule has 5 nitrogen and oxygen atoms in total. The van der Waals surface area contributed by atoms with Crippen molar-refractivity contribution in [1.82, 2.24) is 4.98 Å². The van der Waals surface area contributed by atoms with Gasteiger partial charge in [-0.3, -0.25) is 4.79 Å². The summed E-state index contributed by atoms with van der Waals surface area (Å²) in [5, 5.41) is 10.1. The lowest BCUT2D eigenvalue weighted by molar-refractivity contribution is -0.127. The molecule has 0 bridgehead atoms. The smallest absolute Gasteiger partial charge is 0.246 e. The Morgan fingerprint density at radius 1 is 1.23 bits per heavy atom. The Morgan fingerprint density at radius 2 is 2.00 bits per heavy atom. The van der Waals surface area contributed by atoms with E-state index < -0.39 is 35.6 Å². The highest BCUT2D eigenvalue weighted by molar-refractivity contribution is 5.93. The van der Waals surface area contributed by atoms with Gasteiger partial charge in [-0.15, -0.1) is 0 Å². The number of hydrogen-bond acceptors (Lipinski definition) is 3. The zero-order valence-corrected chi connectivity index (χ0v) is 13.2. The second kappa shape index (κ2) is 5.77. The van der Waals surface area contributed by atoms with E-state index in [1.807, 2.05) is 0 Å². The van der Waals surface area contributed by atoms with Crippen molar-refractivity contribution in [3.8, 4) is 17.0 Å². The maximum atomic E-state index is 14.2. The third kappa shape index (κ3) is 2.50. The number of nitrogens with one attached hydrogen (secondary N) is 1. The molecule has 134 valence electrons. The van der Waals surface area contributed by atoms with Gasteiger partial charge in [0, 0.05) is 35.1 Å². The number of benzene rings is 2. The minimum Gasteiger partial charge on any atom is -0.485 e. The van der Waals surface area contributed by atoms with E-state index in [1.54, 1.807) is 0 Å². The Balaban J connectivity index is 1.97. The van der Waals surface area contributed by atoms with Crippen LogP contribution in [0.2, 0.25) is 0 Å². The van der Waals surface area contributed by atoms with Crippen molar-refractivity contribution in [2.45, 2.75) is 18.6 Å². The van der Waals surface area contributed by atoms with Gasteiger partial charge < -0.3 is 20.6 Å². The first kappa shape index (κ1) is 16.5. The average Bonchev–Trinajstić information content (AvgIpc) is 2.94. The summed E-state index contributed by atoms with van der Waals surface area (Å²) in [7, 11) is 0. The van der Waals surface area contributed by atoms with Gasteiger partial charge in [-0.1, -0.05) is 0 Å². The summed E-state index contributed by atoms with van der Waals surface area (Å²) in [6, 6.07) is 5.69. The van der Waals surface area contributed by atoms with Gasteiger partial charge in [-0.05, 0) is 18.2 Å². The van der Waals surface area contributed by atoms with E-state index in [9.17, 15) is 23.1 Å². The zero-order valence-electron chi connectivity index (χ0n) is 13.2. The first-order chi connectivity index (χ1) is 12.3. The zero-order chi connectivity index (χ0) is 18.6. The first-order valence-corrected chi connectivity index (χ1v) is 7.79. The fraction of sp³-hybridized carbons (Fsp3) is 0.167. The Labute approximate surface area is 145 Å². The van der Waals surface area contributed by atoms with Gasteiger partial charge in [0.05, 0.1) is 11.2 Å². The van der Waals surface area contributed by atoms with E-state index >= 15 is 0 Å². The molecule has 2 heterocycles. The molecular formula is C18H13F3N2O3. The first-order valence-electron chi connectivity index (χ1n) is 7.79. The van der Waals surface area contributed by atoms with Gasteiger partial charge >= 0.3 is 0 Å². The van der Waals surface area contributed by atoms with Crippen LogP contribution in [0.25, 0.3) is 22.2 Å². The third-order valence-corrected chi connectivity index (χ3v) is 4.43. The number of carbonyl (C=O) groups excluding carboxylic acids is 1. The largest absolute Gasteiger partial charge is 0.485 e. The number of carbonyl (C=O) groups is 1. The lowest BCUT2D eigenvalue weighted by atomic mass is 9.93. The number of primary amides is 1. The van der Waals surface area contributed by atoms with Crippen molar-refractivity contribution in [2.24, 2.45) is 5.73 Å². The predicted octanol–water partition coefficient (Wildman–Crippen LogP) is 2.92. The maximum absolute atomic E-state index is 14.2. The van der Waals surface area contributed by atoms with Crippen LogP contribution in [0.15, 0.2) is 30.3 Å². The number of aromatic nitrogens is 1. The lowest BCUT2D eigenvalue weighted by Gasteiger charge is -2.28. The number of hydrogen-bond donors (Lipinski definition) is 3. The minimum absolute atomic E-state index is 0.0516. The van der Waals surface area contributed by atoms with Crippen LogP contribution < -0.4 is 10.5 Å². The number of aliphatic hydroxyl groups excluding tert-OH is 1. The molecule has 4 rings (SSSR count). The van der Waals surface area contributed by atoms with Crippen LogP contribution >= 0.6 is 0 Å². The summed E-state index contributed by atoms with van der Waals surface area (Å²) in [6.45, 7) is 0. The van der Waals surface area contributed by atoms with E-state index in [4.69, 9.17) is 10.5 Å². The quantitative estimate of drug-likeness (QED) is 0.669. The SMILES string of the molecule is NC(=O)[C@@H](O)C[C@H]1Oc2cc(F)ccc2-c2[nH]c3c(F)cc(F)cc3c21. The number of nitrogens with two attached hydrogens (primary N) is 1. The Hall–Kier alpha value is -3.00. The maximum Gasteiger partial charge on any atom is 0.246 e. The van der Waals surface area contributed by atoms with Crippen molar-refractivity contribution in [3.05, 3.63) is 53.3 Å². The number of aliphatic hydroxyl groups is 1. The molecule has 0 saturated heterocycles. The van der Waals surface area contributed by atoms with Crippen LogP contribution in [-0.4, -0.2) is 22.1 Å². The molecule has 0 aliphatic carbocycles. The highest BCUT2D eigenvalue weighted by Gasteiger charge is 2.33. The molecule has 0 spiro atoms. The van der Waals surface area contributed by atoms with Crippen LogP contribution in [0, 0.1) is 17.5 Å². The fourth-order valence-corrected chi connectivity index (χ4v) is 3.28. The molecule has 1 aromatic heterocycles. The lowest BCUT2D eigenvalue weighted by Crippen LogP contribution is -2.31. The van der Waals surface area contributed by atoms with Gasteiger partial charge in [0.1, 0.15) is 35.4 Å². The number of ether oxygens (including phenoxy) is 1. The van der Waals surface area contributed by atoms with Crippen molar-refractivity contribution >= 4 is 16.8 Å². The molecule has 0 radical (unpaired) electrons. The molecule has 2 aromatic carbocycles. The second-order valence-electron chi connectivity index (χ2n) is 6.12. The molecule has 0 fully saturated rings. The van der Waals surface area contributed by atoms with Gasteiger partial charge in [0.15, 0.2) is 0 Å². The fourth-order valence-electron chi connectivity index (χ4n) is 3.28. The summed E-state index contributed by atoms with van der Waals surface area (Å²) in [5.41, 5.74) is 6.39. The van der Waals surface area contributed by atoms with Gasteiger partial charge in [0.2, 0.25) is 5.91 Å². The van der Waals surface area contributed by atoms with Gasteiger partial charge in [-0.2, -0.15) is 0 Å². The van der Waals surface area contributed by atoms with E-state index in [2.05, 4.69) is 4.98 Å². The van der Waals surface area contributed by atoms with Crippen molar-refractivity contribution in [1.29, 1.82) is 0 Å². The van der Waals surface area contributed by atoms with Gasteiger partial charge in [-0.25, -0.2) is 13.2 Å². The van der Waals surface area contributed by atoms with Crippen LogP contribution in [-0.2, 0) is 4.79 Å². The Morgan fingerprint density at radius 3 is 2.73 bits per heavy atom. The van der Waals surface area contributed by atoms with E-state index in [1.165, 1.54) is 12.1 Å². The molecular weight excluding hydrogens is 349 g/mol. The monoisotopic (exact) mass is 362 g/mol. The number of rotatable bonds is 3. The molecule has 3 aromatic rings. The summed E-state index contributed by atoms with van der Waals surface area (Å²) in [5.74, 6) is -2.93. The van der Waals surface area contributed by atoms with Crippen LogP contribution in [0.5, 0.6) is 5.75 Å². The normalized spacial score (nSPS) is 16.7. The highest BCUT2D eigenvalue weighted by Crippen LogP contribution is 2.47. The second-order valence-corrected chi connectivity index (χ2v) is 6.12. The van der Waals surface area contributed by atoms with Crippen molar-refractivity contribution < 1.29 is 27.8 Å². The molecule has 1 aliphatic heterocycles. The minimum atomic E-state index is -1.54. The third-order valence-electron chi connectivity index (χ3n) is 4.43. The molecule has 1 aliphatic rings. The van der Waals surface area contributed by atoms with Crippen molar-refractivity contribution in [2.75, 3.05) is 0 Å². The molecule has 4 N–H and O–H groups in total. The number of amides is 1. The summed E-state index contributed by atoms with van der Waals surface area (Å²) < 4.78 is 47.3. The Bertz CT molecular complexity index is 1050. The molecule has 8 heteroatoms. The molecule has 0 saturated carbocycles. The van der Waals surface area contributed by atoms with E-state index in [0.29, 0.717) is 16.8 Å². The number of halogens is 3. The van der Waals surface area contributed by atoms with Crippen LogP contribution in [0.4, 0.5) is 13.2 Å². The standard InChI is InChI=1S/C18H13F3N2O3/c19-7-1-2-9-13(5-7)26-14(6-12(24)18(22)25)15-10-3-8(20)4-11(21)16(10)23-17(9)15/h1-5,12,14,23-24H,6H2,(H2,22,25)/t12-,14+/m0/s1. The number of H-pyrrole nitrogens is 1. The molecule has 0 unspecified atom stereocenters. The highest BCUT2D eigenvalue weighted by atomic mass is 19.1. The number of aromatic amines is 1. The average molecular weight is 362 g/mol. The number of fused-ring (bicyclic) bond motifs is 5. The van der Waals surface area contributed by atoms with Crippen LogP contribution in [0.1, 0.15) is 18.1 Å². The molecule has 1 amide bonds. The van der Waals surface area contributed by atoms with Gasteiger partial charge in [0.25, 0.3) is 0 Å².